The second kappa shape index (κ2) is 5.94. The monoisotopic (exact) mass is 227 g/mol. The van der Waals surface area contributed by atoms with E-state index in [0.717, 1.165) is 12.1 Å². The van der Waals surface area contributed by atoms with Gasteiger partial charge in [-0.3, -0.25) is 0 Å². The molecule has 0 spiro atoms. The lowest BCUT2D eigenvalue weighted by molar-refractivity contribution is 0.151. The molecule has 1 atom stereocenters. The van der Waals surface area contributed by atoms with Crippen molar-refractivity contribution in [1.82, 2.24) is 5.32 Å². The average Bonchev–Trinajstić information content (AvgIpc) is 2.26. The molecule has 1 N–H and O–H groups in total. The number of nitrogens with one attached hydrogen (secondary N) is 1. The molecule has 3 heteroatoms. The molecule has 0 saturated heterocycles. The van der Waals surface area contributed by atoms with Crippen molar-refractivity contribution in [3.05, 3.63) is 35.4 Å². The summed E-state index contributed by atoms with van der Waals surface area (Å²) in [5.41, 5.74) is 1.12. The molecular formula is C13H19F2N. The zero-order valence-corrected chi connectivity index (χ0v) is 10.0. The topological polar surface area (TPSA) is 12.0 Å². The summed E-state index contributed by atoms with van der Waals surface area (Å²) in [4.78, 5) is 0. The first kappa shape index (κ1) is 13.1. The third-order valence-electron chi connectivity index (χ3n) is 2.86. The molecule has 0 aliphatic carbocycles. The van der Waals surface area contributed by atoms with Gasteiger partial charge in [0.1, 0.15) is 0 Å². The van der Waals surface area contributed by atoms with E-state index in [1.807, 2.05) is 0 Å². The Hall–Kier alpha value is -0.960. The third kappa shape index (κ3) is 3.89. The number of alkyl halides is 2. The molecule has 0 amide bonds. The van der Waals surface area contributed by atoms with Crippen LogP contribution in [0.5, 0.6) is 0 Å². The summed E-state index contributed by atoms with van der Waals surface area (Å²) in [6, 6.07) is 6.90. The molecule has 16 heavy (non-hydrogen) atoms. The lowest BCUT2D eigenvalue weighted by atomic mass is 10.1. The Morgan fingerprint density at radius 1 is 1.06 bits per heavy atom. The van der Waals surface area contributed by atoms with E-state index >= 15 is 0 Å². The number of hydrogen-bond acceptors (Lipinski definition) is 1. The minimum absolute atomic E-state index is 0.0839. The van der Waals surface area contributed by atoms with Crippen molar-refractivity contribution in [1.29, 1.82) is 0 Å². The summed E-state index contributed by atoms with van der Waals surface area (Å²) in [7, 11) is 0. The summed E-state index contributed by atoms with van der Waals surface area (Å²) >= 11 is 0. The predicted molar refractivity (Wildman–Crippen MR) is 62.5 cm³/mol. The van der Waals surface area contributed by atoms with Crippen molar-refractivity contribution in [2.24, 2.45) is 5.92 Å². The van der Waals surface area contributed by atoms with Gasteiger partial charge in [0.15, 0.2) is 0 Å². The van der Waals surface area contributed by atoms with Gasteiger partial charge in [0.25, 0.3) is 6.43 Å². The standard InChI is InChI=1S/C13H19F2N/c1-9(2)10(3)16-8-11-4-6-12(7-5-11)13(14)15/h4-7,9-10,13,16H,8H2,1-3H3. The summed E-state index contributed by atoms with van der Waals surface area (Å²) in [6.07, 6.45) is -2.38. The second-order valence-corrected chi connectivity index (χ2v) is 4.46. The molecule has 0 bridgehead atoms. The Morgan fingerprint density at radius 3 is 2.06 bits per heavy atom. The van der Waals surface area contributed by atoms with Gasteiger partial charge < -0.3 is 5.32 Å². The van der Waals surface area contributed by atoms with Gasteiger partial charge in [0.2, 0.25) is 0 Å². The van der Waals surface area contributed by atoms with Crippen molar-refractivity contribution in [2.75, 3.05) is 0 Å². The highest BCUT2D eigenvalue weighted by Crippen LogP contribution is 2.18. The molecule has 0 aliphatic rings. The maximum absolute atomic E-state index is 12.3. The molecule has 1 aromatic carbocycles. The highest BCUT2D eigenvalue weighted by molar-refractivity contribution is 5.23. The van der Waals surface area contributed by atoms with Crippen LogP contribution < -0.4 is 5.32 Å². The van der Waals surface area contributed by atoms with Gasteiger partial charge in [-0.1, -0.05) is 38.1 Å². The minimum Gasteiger partial charge on any atom is -0.310 e. The second-order valence-electron chi connectivity index (χ2n) is 4.46. The van der Waals surface area contributed by atoms with E-state index in [4.69, 9.17) is 0 Å². The van der Waals surface area contributed by atoms with Crippen LogP contribution in [0.25, 0.3) is 0 Å². The van der Waals surface area contributed by atoms with E-state index < -0.39 is 6.43 Å². The fraction of sp³-hybridized carbons (Fsp3) is 0.538. The normalized spacial score (nSPS) is 13.4. The van der Waals surface area contributed by atoms with Crippen LogP contribution in [-0.4, -0.2) is 6.04 Å². The molecule has 0 fully saturated rings. The first-order valence-corrected chi connectivity index (χ1v) is 5.61. The molecule has 0 radical (unpaired) electrons. The molecule has 1 unspecified atom stereocenters. The Kier molecular flexibility index (Phi) is 4.87. The van der Waals surface area contributed by atoms with Gasteiger partial charge in [-0.15, -0.1) is 0 Å². The molecule has 0 heterocycles. The van der Waals surface area contributed by atoms with Crippen LogP contribution in [0.15, 0.2) is 24.3 Å². The van der Waals surface area contributed by atoms with Crippen LogP contribution >= 0.6 is 0 Å². The SMILES string of the molecule is CC(C)C(C)NCc1ccc(C(F)F)cc1. The smallest absolute Gasteiger partial charge is 0.263 e. The van der Waals surface area contributed by atoms with Crippen LogP contribution in [0, 0.1) is 5.92 Å². The Balaban J connectivity index is 2.49. The molecular weight excluding hydrogens is 208 g/mol. The van der Waals surface area contributed by atoms with Gasteiger partial charge in [0, 0.05) is 18.2 Å². The fourth-order valence-corrected chi connectivity index (χ4v) is 1.30. The van der Waals surface area contributed by atoms with E-state index in [9.17, 15) is 8.78 Å². The highest BCUT2D eigenvalue weighted by atomic mass is 19.3. The zero-order chi connectivity index (χ0) is 12.1. The largest absolute Gasteiger partial charge is 0.310 e. The van der Waals surface area contributed by atoms with Gasteiger partial charge in [-0.2, -0.15) is 0 Å². The molecule has 1 nitrogen and oxygen atoms in total. The van der Waals surface area contributed by atoms with Gasteiger partial charge in [0.05, 0.1) is 0 Å². The minimum atomic E-state index is -2.38. The number of halogens is 2. The van der Waals surface area contributed by atoms with Crippen LogP contribution in [0.4, 0.5) is 8.78 Å². The molecule has 0 aromatic heterocycles. The number of hydrogen-bond donors (Lipinski definition) is 1. The first-order chi connectivity index (χ1) is 7.50. The summed E-state index contributed by atoms with van der Waals surface area (Å²) < 4.78 is 24.6. The molecule has 90 valence electrons. The van der Waals surface area contributed by atoms with Crippen molar-refractivity contribution >= 4 is 0 Å². The fourth-order valence-electron chi connectivity index (χ4n) is 1.30. The Bertz CT molecular complexity index is 306. The lowest BCUT2D eigenvalue weighted by Crippen LogP contribution is -2.30. The zero-order valence-electron chi connectivity index (χ0n) is 10.0. The molecule has 1 rings (SSSR count). The van der Waals surface area contributed by atoms with E-state index in [1.54, 1.807) is 12.1 Å². The van der Waals surface area contributed by atoms with Crippen LogP contribution in [0.1, 0.15) is 38.3 Å². The molecule has 1 aromatic rings. The van der Waals surface area contributed by atoms with Gasteiger partial charge in [-0.05, 0) is 18.4 Å². The van der Waals surface area contributed by atoms with Crippen molar-refractivity contribution in [3.63, 3.8) is 0 Å². The van der Waals surface area contributed by atoms with E-state index in [0.29, 0.717) is 12.0 Å². The maximum atomic E-state index is 12.3. The predicted octanol–water partition coefficient (Wildman–Crippen LogP) is 3.76. The van der Waals surface area contributed by atoms with Crippen molar-refractivity contribution < 1.29 is 8.78 Å². The van der Waals surface area contributed by atoms with E-state index in [1.165, 1.54) is 12.1 Å². The summed E-state index contributed by atoms with van der Waals surface area (Å²) in [5.74, 6) is 0.570. The van der Waals surface area contributed by atoms with Gasteiger partial charge in [-0.25, -0.2) is 8.78 Å². The maximum Gasteiger partial charge on any atom is 0.263 e. The van der Waals surface area contributed by atoms with Crippen molar-refractivity contribution in [2.45, 2.75) is 39.8 Å². The Morgan fingerprint density at radius 2 is 1.62 bits per heavy atom. The summed E-state index contributed by atoms with van der Waals surface area (Å²) in [6.45, 7) is 7.15. The lowest BCUT2D eigenvalue weighted by Gasteiger charge is -2.17. The quantitative estimate of drug-likeness (QED) is 0.807. The van der Waals surface area contributed by atoms with Crippen LogP contribution in [-0.2, 0) is 6.54 Å². The highest BCUT2D eigenvalue weighted by Gasteiger charge is 2.07. The molecule has 0 saturated carbocycles. The summed E-state index contributed by atoms with van der Waals surface area (Å²) in [5, 5.41) is 3.36. The first-order valence-electron chi connectivity index (χ1n) is 5.61. The molecule has 0 aliphatic heterocycles. The van der Waals surface area contributed by atoms with Crippen LogP contribution in [0.2, 0.25) is 0 Å². The number of benzene rings is 1. The Labute approximate surface area is 95.9 Å². The van der Waals surface area contributed by atoms with Crippen LogP contribution in [0.3, 0.4) is 0 Å². The average molecular weight is 227 g/mol. The van der Waals surface area contributed by atoms with Gasteiger partial charge >= 0.3 is 0 Å². The number of rotatable bonds is 5. The van der Waals surface area contributed by atoms with Crippen molar-refractivity contribution in [3.8, 4) is 0 Å². The van der Waals surface area contributed by atoms with E-state index in [-0.39, 0.29) is 5.56 Å². The third-order valence-corrected chi connectivity index (χ3v) is 2.86. The van der Waals surface area contributed by atoms with E-state index in [2.05, 4.69) is 26.1 Å².